The molecule has 0 amide bonds. The number of ether oxygens (including phenoxy) is 2. The number of nitrogens with zero attached hydrogens (tertiary/aromatic N) is 2. The molecule has 1 fully saturated rings. The summed E-state index contributed by atoms with van der Waals surface area (Å²) in [5, 5.41) is 0. The van der Waals surface area contributed by atoms with E-state index >= 15 is 0 Å². The molecular weight excluding hydrogens is 289 g/mol. The van der Waals surface area contributed by atoms with Crippen molar-refractivity contribution in [1.82, 2.24) is 9.97 Å². The van der Waals surface area contributed by atoms with Crippen LogP contribution in [0.3, 0.4) is 0 Å². The minimum Gasteiger partial charge on any atom is -0.462 e. The summed E-state index contributed by atoms with van der Waals surface area (Å²) in [5.41, 5.74) is -1.89. The van der Waals surface area contributed by atoms with Gasteiger partial charge in [-0.1, -0.05) is 0 Å². The predicted octanol–water partition coefficient (Wildman–Crippen LogP) is 2.57. The first-order chi connectivity index (χ1) is 9.93. The number of rotatable bonds is 3. The van der Waals surface area contributed by atoms with Crippen molar-refractivity contribution in [1.29, 1.82) is 0 Å². The van der Waals surface area contributed by atoms with Gasteiger partial charge in [0.25, 0.3) is 0 Å². The van der Waals surface area contributed by atoms with Crippen LogP contribution in [0, 0.1) is 0 Å². The lowest BCUT2D eigenvalue weighted by Crippen LogP contribution is -2.22. The second-order valence-electron chi connectivity index (χ2n) is 4.60. The number of carbonyl (C=O) groups excluding carboxylic acids is 1. The smallest absolute Gasteiger partial charge is 0.434 e. The lowest BCUT2D eigenvalue weighted by molar-refractivity contribution is -0.142. The SMILES string of the molecule is CCOC(=O)c1cnc(C2CCOCC2)nc1C(F)(F)F. The molecule has 0 bridgehead atoms. The van der Waals surface area contributed by atoms with Gasteiger partial charge in [-0.3, -0.25) is 0 Å². The van der Waals surface area contributed by atoms with E-state index in [-0.39, 0.29) is 18.3 Å². The van der Waals surface area contributed by atoms with E-state index in [0.717, 1.165) is 6.20 Å². The van der Waals surface area contributed by atoms with Gasteiger partial charge in [0.15, 0.2) is 5.69 Å². The number of aromatic nitrogens is 2. The molecule has 21 heavy (non-hydrogen) atoms. The zero-order valence-electron chi connectivity index (χ0n) is 11.4. The first-order valence-corrected chi connectivity index (χ1v) is 6.62. The first kappa shape index (κ1) is 15.7. The molecule has 8 heteroatoms. The second-order valence-corrected chi connectivity index (χ2v) is 4.60. The minimum atomic E-state index is -4.73. The maximum absolute atomic E-state index is 13.1. The third kappa shape index (κ3) is 3.69. The maximum Gasteiger partial charge on any atom is 0.434 e. The van der Waals surface area contributed by atoms with Crippen molar-refractivity contribution in [3.05, 3.63) is 23.3 Å². The van der Waals surface area contributed by atoms with Crippen molar-refractivity contribution >= 4 is 5.97 Å². The van der Waals surface area contributed by atoms with Crippen LogP contribution in [-0.2, 0) is 15.7 Å². The molecule has 0 aliphatic carbocycles. The Bertz CT molecular complexity index is 514. The van der Waals surface area contributed by atoms with Crippen molar-refractivity contribution < 1.29 is 27.4 Å². The molecular formula is C13H15F3N2O3. The molecule has 0 radical (unpaired) electrons. The minimum absolute atomic E-state index is 0.0160. The van der Waals surface area contributed by atoms with Crippen LogP contribution >= 0.6 is 0 Å². The van der Waals surface area contributed by atoms with Gasteiger partial charge in [-0.15, -0.1) is 0 Å². The highest BCUT2D eigenvalue weighted by Crippen LogP contribution is 2.32. The lowest BCUT2D eigenvalue weighted by atomic mass is 9.99. The number of carbonyl (C=O) groups is 1. The van der Waals surface area contributed by atoms with E-state index in [0.29, 0.717) is 26.1 Å². The summed E-state index contributed by atoms with van der Waals surface area (Å²) < 4.78 is 49.0. The summed E-state index contributed by atoms with van der Waals surface area (Å²) in [7, 11) is 0. The Morgan fingerprint density at radius 3 is 2.67 bits per heavy atom. The summed E-state index contributed by atoms with van der Waals surface area (Å²) in [4.78, 5) is 19.1. The van der Waals surface area contributed by atoms with Gasteiger partial charge in [-0.2, -0.15) is 13.2 Å². The van der Waals surface area contributed by atoms with Gasteiger partial charge in [0.05, 0.1) is 6.61 Å². The molecule has 0 N–H and O–H groups in total. The van der Waals surface area contributed by atoms with Crippen LogP contribution in [0.4, 0.5) is 13.2 Å². The van der Waals surface area contributed by atoms with Gasteiger partial charge in [-0.25, -0.2) is 14.8 Å². The van der Waals surface area contributed by atoms with Crippen molar-refractivity contribution in [2.75, 3.05) is 19.8 Å². The highest BCUT2D eigenvalue weighted by atomic mass is 19.4. The monoisotopic (exact) mass is 304 g/mol. The van der Waals surface area contributed by atoms with Crippen LogP contribution in [0.15, 0.2) is 6.20 Å². The summed E-state index contributed by atoms with van der Waals surface area (Å²) in [6.45, 7) is 2.43. The fourth-order valence-electron chi connectivity index (χ4n) is 2.12. The number of hydrogen-bond acceptors (Lipinski definition) is 5. The molecule has 0 saturated carbocycles. The van der Waals surface area contributed by atoms with Crippen LogP contribution in [0.5, 0.6) is 0 Å². The van der Waals surface area contributed by atoms with Gasteiger partial charge in [0.1, 0.15) is 11.4 Å². The predicted molar refractivity (Wildman–Crippen MR) is 65.8 cm³/mol. The Morgan fingerprint density at radius 1 is 1.43 bits per heavy atom. The fraction of sp³-hybridized carbons (Fsp3) is 0.615. The van der Waals surface area contributed by atoms with Crippen molar-refractivity contribution in [3.63, 3.8) is 0 Å². The van der Waals surface area contributed by atoms with E-state index in [2.05, 4.69) is 14.7 Å². The third-order valence-electron chi connectivity index (χ3n) is 3.16. The summed E-state index contributed by atoms with van der Waals surface area (Å²) in [5.74, 6) is -1.15. The average molecular weight is 304 g/mol. The molecule has 0 aromatic carbocycles. The molecule has 0 atom stereocenters. The maximum atomic E-state index is 13.1. The third-order valence-corrected chi connectivity index (χ3v) is 3.16. The number of alkyl halides is 3. The first-order valence-electron chi connectivity index (χ1n) is 6.62. The molecule has 1 aliphatic heterocycles. The van der Waals surface area contributed by atoms with Crippen molar-refractivity contribution in [2.45, 2.75) is 31.9 Å². The Labute approximate surface area is 119 Å². The normalized spacial score (nSPS) is 16.8. The van der Waals surface area contributed by atoms with E-state index in [1.54, 1.807) is 0 Å². The summed E-state index contributed by atoms with van der Waals surface area (Å²) in [6.07, 6.45) is -2.70. The molecule has 2 heterocycles. The molecule has 1 aromatic rings. The molecule has 1 aromatic heterocycles. The van der Waals surface area contributed by atoms with Gasteiger partial charge in [-0.05, 0) is 19.8 Å². The number of hydrogen-bond donors (Lipinski definition) is 0. The van der Waals surface area contributed by atoms with E-state index in [1.165, 1.54) is 6.92 Å². The lowest BCUT2D eigenvalue weighted by Gasteiger charge is -2.21. The van der Waals surface area contributed by atoms with E-state index in [9.17, 15) is 18.0 Å². The van der Waals surface area contributed by atoms with Crippen molar-refractivity contribution in [3.8, 4) is 0 Å². The van der Waals surface area contributed by atoms with Crippen LogP contribution < -0.4 is 0 Å². The highest BCUT2D eigenvalue weighted by molar-refractivity contribution is 5.90. The topological polar surface area (TPSA) is 61.3 Å². The Hall–Kier alpha value is -1.70. The van der Waals surface area contributed by atoms with E-state index < -0.39 is 23.4 Å². The number of halogens is 3. The second kappa shape index (κ2) is 6.38. The molecule has 0 spiro atoms. The van der Waals surface area contributed by atoms with Gasteiger partial charge in [0, 0.05) is 25.3 Å². The largest absolute Gasteiger partial charge is 0.462 e. The molecule has 2 rings (SSSR count). The molecule has 1 saturated heterocycles. The van der Waals surface area contributed by atoms with E-state index in [4.69, 9.17) is 4.74 Å². The molecule has 1 aliphatic rings. The fourth-order valence-corrected chi connectivity index (χ4v) is 2.12. The Balaban J connectivity index is 2.37. The molecule has 0 unspecified atom stereocenters. The van der Waals surface area contributed by atoms with Crippen LogP contribution in [0.25, 0.3) is 0 Å². The quantitative estimate of drug-likeness (QED) is 0.803. The van der Waals surface area contributed by atoms with Crippen LogP contribution in [0.1, 0.15) is 47.6 Å². The van der Waals surface area contributed by atoms with Crippen molar-refractivity contribution in [2.24, 2.45) is 0 Å². The summed E-state index contributed by atoms with van der Waals surface area (Å²) >= 11 is 0. The average Bonchev–Trinajstić information content (AvgIpc) is 2.47. The summed E-state index contributed by atoms with van der Waals surface area (Å²) in [6, 6.07) is 0. The van der Waals surface area contributed by atoms with E-state index in [1.807, 2.05) is 0 Å². The van der Waals surface area contributed by atoms with Gasteiger partial charge in [0.2, 0.25) is 0 Å². The van der Waals surface area contributed by atoms with Gasteiger partial charge >= 0.3 is 12.1 Å². The molecule has 116 valence electrons. The Morgan fingerprint density at radius 2 is 2.10 bits per heavy atom. The van der Waals surface area contributed by atoms with Crippen LogP contribution in [0.2, 0.25) is 0 Å². The van der Waals surface area contributed by atoms with Gasteiger partial charge < -0.3 is 9.47 Å². The Kier molecular flexibility index (Phi) is 4.76. The number of esters is 1. The zero-order chi connectivity index (χ0) is 15.5. The van der Waals surface area contributed by atoms with Crippen LogP contribution in [-0.4, -0.2) is 35.8 Å². The molecule has 5 nitrogen and oxygen atoms in total. The highest BCUT2D eigenvalue weighted by Gasteiger charge is 2.39. The zero-order valence-corrected chi connectivity index (χ0v) is 11.4. The standard InChI is InChI=1S/C13H15F3N2O3/c1-2-21-12(19)9-7-17-11(8-3-5-20-6-4-8)18-10(9)13(14,15)16/h7-8H,2-6H2,1H3.